The number of ether oxygens (including phenoxy) is 1. The largest absolute Gasteiger partial charge is 0.493 e. The Bertz CT molecular complexity index is 1220. The van der Waals surface area contributed by atoms with Crippen LogP contribution in [0.15, 0.2) is 73.2 Å². The zero-order chi connectivity index (χ0) is 21.9. The van der Waals surface area contributed by atoms with E-state index in [1.165, 1.54) is 4.80 Å². The van der Waals surface area contributed by atoms with Gasteiger partial charge in [-0.15, -0.1) is 0 Å². The predicted octanol–water partition coefficient (Wildman–Crippen LogP) is 4.14. The second-order valence-corrected chi connectivity index (χ2v) is 8.25. The molecule has 162 valence electrons. The van der Waals surface area contributed by atoms with E-state index in [1.807, 2.05) is 59.5 Å². The molecule has 7 nitrogen and oxygen atoms in total. The van der Waals surface area contributed by atoms with Crippen LogP contribution in [0.25, 0.3) is 16.6 Å². The van der Waals surface area contributed by atoms with Crippen LogP contribution < -0.4 is 4.74 Å². The SMILES string of the molecule is C[C@H]1CC[C@@H](COc2ccc3cccnc3c2)CN1C(=O)c1ccccc1-n1nccn1. The summed E-state index contributed by atoms with van der Waals surface area (Å²) in [5.41, 5.74) is 2.22. The van der Waals surface area contributed by atoms with Gasteiger partial charge in [-0.25, -0.2) is 0 Å². The van der Waals surface area contributed by atoms with Crippen LogP contribution in [0.4, 0.5) is 0 Å². The van der Waals surface area contributed by atoms with Crippen LogP contribution in [-0.2, 0) is 0 Å². The fourth-order valence-electron chi connectivity index (χ4n) is 4.28. The molecular weight excluding hydrogens is 402 g/mol. The van der Waals surface area contributed by atoms with Crippen LogP contribution in [0.2, 0.25) is 0 Å². The molecule has 1 aliphatic rings. The van der Waals surface area contributed by atoms with Crippen LogP contribution in [0, 0.1) is 5.92 Å². The van der Waals surface area contributed by atoms with Gasteiger partial charge < -0.3 is 9.64 Å². The van der Waals surface area contributed by atoms with Crippen molar-refractivity contribution in [3.8, 4) is 11.4 Å². The van der Waals surface area contributed by atoms with Crippen molar-refractivity contribution in [2.45, 2.75) is 25.8 Å². The Morgan fingerprint density at radius 1 is 1.03 bits per heavy atom. The van der Waals surface area contributed by atoms with Gasteiger partial charge in [-0.2, -0.15) is 15.0 Å². The highest BCUT2D eigenvalue weighted by Crippen LogP contribution is 2.27. The molecule has 32 heavy (non-hydrogen) atoms. The van der Waals surface area contributed by atoms with Crippen LogP contribution in [0.1, 0.15) is 30.1 Å². The summed E-state index contributed by atoms with van der Waals surface area (Å²) in [7, 11) is 0. The second-order valence-electron chi connectivity index (χ2n) is 8.25. The van der Waals surface area contributed by atoms with E-state index in [-0.39, 0.29) is 17.9 Å². The van der Waals surface area contributed by atoms with E-state index in [2.05, 4.69) is 22.1 Å². The third-order valence-electron chi connectivity index (χ3n) is 6.07. The lowest BCUT2D eigenvalue weighted by atomic mass is 9.93. The first-order valence-corrected chi connectivity index (χ1v) is 10.9. The van der Waals surface area contributed by atoms with Gasteiger partial charge in [0.2, 0.25) is 0 Å². The number of likely N-dealkylation sites (tertiary alicyclic amines) is 1. The van der Waals surface area contributed by atoms with Gasteiger partial charge in [0.15, 0.2) is 0 Å². The number of rotatable bonds is 5. The zero-order valence-electron chi connectivity index (χ0n) is 18.0. The van der Waals surface area contributed by atoms with Crippen LogP contribution in [0.3, 0.4) is 0 Å². The van der Waals surface area contributed by atoms with E-state index in [0.717, 1.165) is 29.5 Å². The number of piperidine rings is 1. The molecule has 2 aromatic heterocycles. The highest BCUT2D eigenvalue weighted by molar-refractivity contribution is 5.98. The minimum atomic E-state index is 0.00463. The fourth-order valence-corrected chi connectivity index (χ4v) is 4.28. The summed E-state index contributed by atoms with van der Waals surface area (Å²) in [5, 5.41) is 9.50. The Balaban J connectivity index is 1.30. The minimum absolute atomic E-state index is 0.00463. The molecule has 0 aliphatic carbocycles. The Morgan fingerprint density at radius 2 is 1.88 bits per heavy atom. The summed E-state index contributed by atoms with van der Waals surface area (Å²) in [4.78, 5) is 21.4. The van der Waals surface area contributed by atoms with E-state index in [4.69, 9.17) is 4.74 Å². The summed E-state index contributed by atoms with van der Waals surface area (Å²) in [6.07, 6.45) is 6.98. The van der Waals surface area contributed by atoms with Crippen molar-refractivity contribution < 1.29 is 9.53 Å². The number of benzene rings is 2. The standard InChI is InChI=1S/C25H25N5O2/c1-18-8-9-19(17-32-21-11-10-20-5-4-12-26-23(20)15-21)16-29(18)25(31)22-6-2-3-7-24(22)30-27-13-14-28-30/h2-7,10-15,18-19H,8-9,16-17H2,1H3/t18-,19+/m0/s1. The van der Waals surface area contributed by atoms with Crippen LogP contribution >= 0.6 is 0 Å². The maximum Gasteiger partial charge on any atom is 0.256 e. The van der Waals surface area contributed by atoms with Gasteiger partial charge in [0.25, 0.3) is 5.91 Å². The molecule has 5 rings (SSSR count). The molecule has 0 unspecified atom stereocenters. The van der Waals surface area contributed by atoms with Gasteiger partial charge in [-0.1, -0.05) is 18.2 Å². The van der Waals surface area contributed by atoms with Gasteiger partial charge in [-0.05, 0) is 50.1 Å². The molecule has 0 bridgehead atoms. The molecule has 0 saturated carbocycles. The van der Waals surface area contributed by atoms with Gasteiger partial charge in [0, 0.05) is 36.2 Å². The number of amides is 1. The normalized spacial score (nSPS) is 18.6. The average molecular weight is 428 g/mol. The van der Waals surface area contributed by atoms with E-state index < -0.39 is 0 Å². The van der Waals surface area contributed by atoms with Crippen molar-refractivity contribution in [1.29, 1.82) is 0 Å². The first-order valence-electron chi connectivity index (χ1n) is 10.9. The monoisotopic (exact) mass is 427 g/mol. The molecule has 0 radical (unpaired) electrons. The van der Waals surface area contributed by atoms with Crippen molar-refractivity contribution in [1.82, 2.24) is 24.9 Å². The maximum absolute atomic E-state index is 13.5. The van der Waals surface area contributed by atoms with Gasteiger partial charge in [0.1, 0.15) is 5.75 Å². The lowest BCUT2D eigenvalue weighted by Gasteiger charge is -2.38. The van der Waals surface area contributed by atoms with Gasteiger partial charge >= 0.3 is 0 Å². The molecular formula is C25H25N5O2. The number of carbonyl (C=O) groups excluding carboxylic acids is 1. The molecule has 1 amide bonds. The summed E-state index contributed by atoms with van der Waals surface area (Å²) >= 11 is 0. The predicted molar refractivity (Wildman–Crippen MR) is 122 cm³/mol. The van der Waals surface area contributed by atoms with E-state index in [0.29, 0.717) is 24.4 Å². The average Bonchev–Trinajstić information content (AvgIpc) is 3.38. The highest BCUT2D eigenvalue weighted by atomic mass is 16.5. The molecule has 3 heterocycles. The third-order valence-corrected chi connectivity index (χ3v) is 6.07. The molecule has 1 aliphatic heterocycles. The maximum atomic E-state index is 13.5. The van der Waals surface area contributed by atoms with Gasteiger partial charge in [-0.3, -0.25) is 9.78 Å². The van der Waals surface area contributed by atoms with Crippen molar-refractivity contribution in [2.24, 2.45) is 5.92 Å². The first kappa shape index (κ1) is 20.2. The summed E-state index contributed by atoms with van der Waals surface area (Å²) in [6.45, 7) is 3.34. The molecule has 0 spiro atoms. The highest BCUT2D eigenvalue weighted by Gasteiger charge is 2.31. The molecule has 7 heteroatoms. The Hall–Kier alpha value is -3.74. The fraction of sp³-hybridized carbons (Fsp3) is 0.280. The number of hydrogen-bond acceptors (Lipinski definition) is 5. The van der Waals surface area contributed by atoms with Gasteiger partial charge in [0.05, 0.1) is 35.8 Å². The second kappa shape index (κ2) is 8.78. The molecule has 2 aromatic carbocycles. The van der Waals surface area contributed by atoms with Crippen LogP contribution in [-0.4, -0.2) is 50.0 Å². The van der Waals surface area contributed by atoms with Crippen molar-refractivity contribution in [3.05, 3.63) is 78.8 Å². The smallest absolute Gasteiger partial charge is 0.256 e. The van der Waals surface area contributed by atoms with Crippen LogP contribution in [0.5, 0.6) is 5.75 Å². The Kier molecular flexibility index (Phi) is 5.54. The summed E-state index contributed by atoms with van der Waals surface area (Å²) in [5.74, 6) is 1.08. The first-order chi connectivity index (χ1) is 15.7. The molecule has 0 N–H and O–H groups in total. The number of hydrogen-bond donors (Lipinski definition) is 0. The molecule has 1 fully saturated rings. The third kappa shape index (κ3) is 4.06. The summed E-state index contributed by atoms with van der Waals surface area (Å²) in [6, 6.07) is 17.6. The molecule has 1 saturated heterocycles. The number of fused-ring (bicyclic) bond motifs is 1. The molecule has 2 atom stereocenters. The number of nitrogens with zero attached hydrogens (tertiary/aromatic N) is 5. The van der Waals surface area contributed by atoms with Crippen molar-refractivity contribution in [3.63, 3.8) is 0 Å². The Morgan fingerprint density at radius 3 is 2.75 bits per heavy atom. The number of aromatic nitrogens is 4. The Labute approximate surface area is 186 Å². The van der Waals surface area contributed by atoms with E-state index in [1.54, 1.807) is 18.6 Å². The van der Waals surface area contributed by atoms with E-state index in [9.17, 15) is 4.79 Å². The number of carbonyl (C=O) groups is 1. The van der Waals surface area contributed by atoms with E-state index >= 15 is 0 Å². The van der Waals surface area contributed by atoms with Crippen molar-refractivity contribution >= 4 is 16.8 Å². The quantitative estimate of drug-likeness (QED) is 0.479. The summed E-state index contributed by atoms with van der Waals surface area (Å²) < 4.78 is 6.10. The molecule has 4 aromatic rings. The zero-order valence-corrected chi connectivity index (χ0v) is 18.0. The number of para-hydroxylation sites is 1. The minimum Gasteiger partial charge on any atom is -0.493 e. The number of pyridine rings is 1. The lowest BCUT2D eigenvalue weighted by molar-refractivity contribution is 0.0505. The lowest BCUT2D eigenvalue weighted by Crippen LogP contribution is -2.47. The van der Waals surface area contributed by atoms with Crippen molar-refractivity contribution in [2.75, 3.05) is 13.2 Å². The topological polar surface area (TPSA) is 73.1 Å².